The average Bonchev–Trinajstić information content (AvgIpc) is 2.80. The van der Waals surface area contributed by atoms with Gasteiger partial charge in [-0.1, -0.05) is 18.2 Å². The first-order valence-electron chi connectivity index (χ1n) is 11.2. The summed E-state index contributed by atoms with van der Waals surface area (Å²) in [4.78, 5) is 26.6. The molecular weight excluding hydrogens is 388 g/mol. The molecule has 7 nitrogen and oxygen atoms in total. The highest BCUT2D eigenvalue weighted by atomic mass is 16.1. The van der Waals surface area contributed by atoms with Crippen LogP contribution in [0.1, 0.15) is 21.5 Å². The van der Waals surface area contributed by atoms with Crippen molar-refractivity contribution < 1.29 is 4.79 Å². The number of anilines is 1. The fourth-order valence-corrected chi connectivity index (χ4v) is 4.05. The second kappa shape index (κ2) is 10.2. The molecule has 1 amide bonds. The number of hydrogen-bond acceptors (Lipinski definition) is 6. The monoisotopic (exact) mass is 422 g/mol. The molecule has 31 heavy (non-hydrogen) atoms. The van der Waals surface area contributed by atoms with Gasteiger partial charge in [0.05, 0.1) is 0 Å². The molecule has 0 spiro atoms. The number of carbonyl (C=O) groups is 1. The lowest BCUT2D eigenvalue weighted by atomic mass is 10.1. The standard InChI is InChI=1S/C24H34N6O/c1-27-9-13-29(14-10-27)19-20-3-6-22(7-4-20)24(31)26-18-21-5-8-23(25-17-21)30-15-11-28(2)12-16-30/h3-8,17H,9-16,18-19H2,1-2H3,(H,26,31). The largest absolute Gasteiger partial charge is 0.354 e. The lowest BCUT2D eigenvalue weighted by Gasteiger charge is -2.33. The van der Waals surface area contributed by atoms with Gasteiger partial charge in [0.1, 0.15) is 5.82 Å². The molecule has 0 radical (unpaired) electrons. The van der Waals surface area contributed by atoms with E-state index in [0.29, 0.717) is 12.1 Å². The summed E-state index contributed by atoms with van der Waals surface area (Å²) in [5, 5.41) is 3.01. The molecule has 2 aliphatic heterocycles. The lowest BCUT2D eigenvalue weighted by molar-refractivity contribution is 0.0951. The van der Waals surface area contributed by atoms with Crippen LogP contribution in [0.2, 0.25) is 0 Å². The molecule has 0 aliphatic carbocycles. The van der Waals surface area contributed by atoms with Gasteiger partial charge in [-0.05, 0) is 43.4 Å². The van der Waals surface area contributed by atoms with E-state index >= 15 is 0 Å². The Morgan fingerprint density at radius 2 is 1.45 bits per heavy atom. The minimum atomic E-state index is -0.0470. The summed E-state index contributed by atoms with van der Waals surface area (Å²) in [6, 6.07) is 12.1. The fourth-order valence-electron chi connectivity index (χ4n) is 4.05. The highest BCUT2D eigenvalue weighted by Crippen LogP contribution is 2.14. The van der Waals surface area contributed by atoms with Crippen molar-refractivity contribution in [2.45, 2.75) is 13.1 Å². The summed E-state index contributed by atoms with van der Waals surface area (Å²) in [5.74, 6) is 0.966. The first-order chi connectivity index (χ1) is 15.1. The van der Waals surface area contributed by atoms with Gasteiger partial charge >= 0.3 is 0 Å². The van der Waals surface area contributed by atoms with Gasteiger partial charge in [0.2, 0.25) is 0 Å². The molecular formula is C24H34N6O. The Morgan fingerprint density at radius 3 is 2.06 bits per heavy atom. The van der Waals surface area contributed by atoms with Crippen LogP contribution in [-0.2, 0) is 13.1 Å². The molecule has 7 heteroatoms. The summed E-state index contributed by atoms with van der Waals surface area (Å²) in [7, 11) is 4.32. The zero-order chi connectivity index (χ0) is 21.6. The Morgan fingerprint density at radius 1 is 0.839 bits per heavy atom. The van der Waals surface area contributed by atoms with Crippen molar-refractivity contribution in [2.75, 3.05) is 71.4 Å². The molecule has 2 aromatic rings. The molecule has 0 bridgehead atoms. The van der Waals surface area contributed by atoms with E-state index in [1.807, 2.05) is 18.3 Å². The Kier molecular flexibility index (Phi) is 7.17. The van der Waals surface area contributed by atoms with E-state index in [9.17, 15) is 4.79 Å². The third-order valence-corrected chi connectivity index (χ3v) is 6.31. The van der Waals surface area contributed by atoms with Crippen molar-refractivity contribution in [3.8, 4) is 0 Å². The first kappa shape index (κ1) is 21.7. The van der Waals surface area contributed by atoms with E-state index in [0.717, 1.165) is 70.3 Å². The number of aromatic nitrogens is 1. The molecule has 2 aliphatic rings. The highest BCUT2D eigenvalue weighted by molar-refractivity contribution is 5.94. The third-order valence-electron chi connectivity index (χ3n) is 6.31. The fraction of sp³-hybridized carbons (Fsp3) is 0.500. The van der Waals surface area contributed by atoms with Crippen LogP contribution in [0.25, 0.3) is 0 Å². The Hall–Kier alpha value is -2.48. The van der Waals surface area contributed by atoms with E-state index in [4.69, 9.17) is 0 Å². The summed E-state index contributed by atoms with van der Waals surface area (Å²) in [6.07, 6.45) is 1.87. The van der Waals surface area contributed by atoms with Crippen LogP contribution < -0.4 is 10.2 Å². The van der Waals surface area contributed by atoms with Crippen molar-refractivity contribution in [3.63, 3.8) is 0 Å². The molecule has 0 saturated carbocycles. The predicted octanol–water partition coefficient (Wildman–Crippen LogP) is 1.51. The van der Waals surface area contributed by atoms with Gasteiger partial charge in [-0.15, -0.1) is 0 Å². The third kappa shape index (κ3) is 6.03. The molecule has 2 fully saturated rings. The van der Waals surface area contributed by atoms with E-state index in [2.05, 4.69) is 68.3 Å². The van der Waals surface area contributed by atoms with Gasteiger partial charge in [0.25, 0.3) is 5.91 Å². The molecule has 3 heterocycles. The number of hydrogen-bond donors (Lipinski definition) is 1. The van der Waals surface area contributed by atoms with Gasteiger partial charge in [-0.2, -0.15) is 0 Å². The number of pyridine rings is 1. The second-order valence-electron chi connectivity index (χ2n) is 8.77. The van der Waals surface area contributed by atoms with Gasteiger partial charge in [-0.25, -0.2) is 4.98 Å². The van der Waals surface area contributed by atoms with E-state index < -0.39 is 0 Å². The maximum absolute atomic E-state index is 12.5. The lowest BCUT2D eigenvalue weighted by Crippen LogP contribution is -2.44. The van der Waals surface area contributed by atoms with Crippen LogP contribution in [0.3, 0.4) is 0 Å². The first-order valence-corrected chi connectivity index (χ1v) is 11.2. The van der Waals surface area contributed by atoms with Crippen molar-refractivity contribution in [1.82, 2.24) is 25.0 Å². The highest BCUT2D eigenvalue weighted by Gasteiger charge is 2.16. The molecule has 4 rings (SSSR count). The summed E-state index contributed by atoms with van der Waals surface area (Å²) in [5.41, 5.74) is 2.96. The quantitative estimate of drug-likeness (QED) is 0.762. The summed E-state index contributed by atoms with van der Waals surface area (Å²) in [6.45, 7) is 9.99. The van der Waals surface area contributed by atoms with E-state index in [1.165, 1.54) is 5.56 Å². The van der Waals surface area contributed by atoms with Gasteiger partial charge in [-0.3, -0.25) is 9.69 Å². The van der Waals surface area contributed by atoms with Crippen LogP contribution in [0.5, 0.6) is 0 Å². The van der Waals surface area contributed by atoms with Crippen LogP contribution in [0.15, 0.2) is 42.6 Å². The maximum atomic E-state index is 12.5. The number of carbonyl (C=O) groups excluding carboxylic acids is 1. The van der Waals surface area contributed by atoms with Gasteiger partial charge < -0.3 is 20.0 Å². The van der Waals surface area contributed by atoms with Crippen molar-refractivity contribution in [2.24, 2.45) is 0 Å². The minimum absolute atomic E-state index is 0.0470. The molecule has 2 saturated heterocycles. The smallest absolute Gasteiger partial charge is 0.251 e. The predicted molar refractivity (Wildman–Crippen MR) is 124 cm³/mol. The Labute approximate surface area is 185 Å². The van der Waals surface area contributed by atoms with Crippen LogP contribution in [0.4, 0.5) is 5.82 Å². The van der Waals surface area contributed by atoms with Crippen LogP contribution in [0, 0.1) is 0 Å². The van der Waals surface area contributed by atoms with Crippen molar-refractivity contribution in [1.29, 1.82) is 0 Å². The number of rotatable bonds is 6. The molecule has 1 aromatic carbocycles. The Balaban J connectivity index is 1.24. The van der Waals surface area contributed by atoms with Gasteiger partial charge in [0.15, 0.2) is 0 Å². The molecule has 0 unspecified atom stereocenters. The van der Waals surface area contributed by atoms with E-state index in [1.54, 1.807) is 0 Å². The Bertz CT molecular complexity index is 837. The van der Waals surface area contributed by atoms with Crippen molar-refractivity contribution in [3.05, 3.63) is 59.3 Å². The minimum Gasteiger partial charge on any atom is -0.354 e. The molecule has 0 atom stereocenters. The van der Waals surface area contributed by atoms with Crippen molar-refractivity contribution >= 4 is 11.7 Å². The topological polar surface area (TPSA) is 55.0 Å². The second-order valence-corrected chi connectivity index (χ2v) is 8.77. The molecule has 1 N–H and O–H groups in total. The maximum Gasteiger partial charge on any atom is 0.251 e. The molecule has 166 valence electrons. The van der Waals surface area contributed by atoms with Crippen LogP contribution >= 0.6 is 0 Å². The van der Waals surface area contributed by atoms with E-state index in [-0.39, 0.29) is 5.91 Å². The zero-order valence-corrected chi connectivity index (χ0v) is 18.8. The SMILES string of the molecule is CN1CCN(Cc2ccc(C(=O)NCc3ccc(N4CCN(C)CC4)nc3)cc2)CC1. The zero-order valence-electron chi connectivity index (χ0n) is 18.8. The summed E-state index contributed by atoms with van der Waals surface area (Å²) < 4.78 is 0. The normalized spacial score (nSPS) is 18.8. The number of likely N-dealkylation sites (N-methyl/N-ethyl adjacent to an activating group) is 2. The number of benzene rings is 1. The number of nitrogens with zero attached hydrogens (tertiary/aromatic N) is 5. The van der Waals surface area contributed by atoms with Gasteiger partial charge in [0, 0.05) is 77.2 Å². The number of amides is 1. The molecule has 1 aromatic heterocycles. The number of nitrogens with one attached hydrogen (secondary N) is 1. The number of piperazine rings is 2. The average molecular weight is 423 g/mol. The summed E-state index contributed by atoms with van der Waals surface area (Å²) >= 11 is 0. The van der Waals surface area contributed by atoms with Crippen LogP contribution in [-0.4, -0.2) is 92.0 Å².